The van der Waals surface area contributed by atoms with Gasteiger partial charge in [-0.3, -0.25) is 4.90 Å². The highest BCUT2D eigenvalue weighted by atomic mass is 16.5. The molecule has 0 saturated carbocycles. The van der Waals surface area contributed by atoms with E-state index in [1.807, 2.05) is 52.0 Å². The first-order valence-corrected chi connectivity index (χ1v) is 10.0. The van der Waals surface area contributed by atoms with Gasteiger partial charge in [0, 0.05) is 26.7 Å². The van der Waals surface area contributed by atoms with Crippen molar-refractivity contribution in [2.45, 2.75) is 46.8 Å². The van der Waals surface area contributed by atoms with Crippen LogP contribution in [0.2, 0.25) is 0 Å². The summed E-state index contributed by atoms with van der Waals surface area (Å²) in [6.07, 6.45) is 8.84. The third kappa shape index (κ3) is 10.5. The predicted molar refractivity (Wildman–Crippen MR) is 120 cm³/mol. The van der Waals surface area contributed by atoms with Gasteiger partial charge in [-0.15, -0.1) is 6.58 Å². The lowest BCUT2D eigenvalue weighted by Crippen LogP contribution is -2.30. The first-order valence-electron chi connectivity index (χ1n) is 10.0. The molecule has 1 aliphatic heterocycles. The van der Waals surface area contributed by atoms with E-state index in [0.29, 0.717) is 0 Å². The van der Waals surface area contributed by atoms with Crippen molar-refractivity contribution in [2.24, 2.45) is 0 Å². The fraction of sp³-hybridized carbons (Fsp3) is 0.500. The van der Waals surface area contributed by atoms with Gasteiger partial charge in [0.05, 0.1) is 19.8 Å². The summed E-state index contributed by atoms with van der Waals surface area (Å²) >= 11 is 0. The number of methoxy groups -OCH3 is 2. The molecule has 0 saturated heterocycles. The quantitative estimate of drug-likeness (QED) is 0.538. The lowest BCUT2D eigenvalue weighted by Gasteiger charge is -2.27. The van der Waals surface area contributed by atoms with Gasteiger partial charge in [-0.1, -0.05) is 49.8 Å². The van der Waals surface area contributed by atoms with Gasteiger partial charge in [0.1, 0.15) is 5.75 Å². The van der Waals surface area contributed by atoms with Crippen LogP contribution in [0.1, 0.15) is 38.8 Å². The van der Waals surface area contributed by atoms with E-state index in [1.54, 1.807) is 20.3 Å². The molecule has 1 unspecified atom stereocenters. The summed E-state index contributed by atoms with van der Waals surface area (Å²) < 4.78 is 10.2. The molecule has 1 atom stereocenters. The van der Waals surface area contributed by atoms with E-state index in [4.69, 9.17) is 14.6 Å². The van der Waals surface area contributed by atoms with Gasteiger partial charge in [-0.25, -0.2) is 0 Å². The fourth-order valence-electron chi connectivity index (χ4n) is 2.63. The average Bonchev–Trinajstić information content (AvgIpc) is 2.74. The van der Waals surface area contributed by atoms with Crippen LogP contribution in [0, 0.1) is 0 Å². The number of benzene rings is 1. The van der Waals surface area contributed by atoms with Crippen LogP contribution in [0.5, 0.6) is 5.75 Å². The molecule has 4 heteroatoms. The molecule has 1 aromatic carbocycles. The Morgan fingerprint density at radius 1 is 1.29 bits per heavy atom. The number of allylic oxidation sites excluding steroid dienone is 2. The number of aliphatic hydroxyl groups excluding tert-OH is 1. The monoisotopic (exact) mass is 389 g/mol. The van der Waals surface area contributed by atoms with Crippen LogP contribution >= 0.6 is 0 Å². The Morgan fingerprint density at radius 3 is 2.57 bits per heavy atom. The maximum absolute atomic E-state index is 8.52. The van der Waals surface area contributed by atoms with Crippen molar-refractivity contribution in [1.29, 1.82) is 0 Å². The van der Waals surface area contributed by atoms with Gasteiger partial charge < -0.3 is 14.6 Å². The third-order valence-electron chi connectivity index (χ3n) is 4.31. The smallest absolute Gasteiger partial charge is 0.119 e. The molecule has 0 aliphatic carbocycles. The Morgan fingerprint density at radius 2 is 2.00 bits per heavy atom. The van der Waals surface area contributed by atoms with Gasteiger partial charge in [0.15, 0.2) is 0 Å². The normalized spacial score (nSPS) is 14.9. The minimum absolute atomic E-state index is 0.0948. The second-order valence-electron chi connectivity index (χ2n) is 6.34. The van der Waals surface area contributed by atoms with E-state index < -0.39 is 0 Å². The van der Waals surface area contributed by atoms with E-state index >= 15 is 0 Å². The van der Waals surface area contributed by atoms with Gasteiger partial charge >= 0.3 is 0 Å². The zero-order valence-corrected chi connectivity index (χ0v) is 18.6. The van der Waals surface area contributed by atoms with Crippen LogP contribution in [0.4, 0.5) is 0 Å². The van der Waals surface area contributed by atoms with E-state index in [0.717, 1.165) is 37.4 Å². The molecule has 0 aromatic heterocycles. The van der Waals surface area contributed by atoms with Crippen LogP contribution in [0.3, 0.4) is 0 Å². The Balaban J connectivity index is 0.000000502. The molecule has 4 nitrogen and oxygen atoms in total. The number of aliphatic hydroxyl groups is 1. The second kappa shape index (κ2) is 16.1. The van der Waals surface area contributed by atoms with Crippen molar-refractivity contribution in [2.75, 3.05) is 33.9 Å². The summed E-state index contributed by atoms with van der Waals surface area (Å²) in [6.45, 7) is 14.9. The topological polar surface area (TPSA) is 41.9 Å². The lowest BCUT2D eigenvalue weighted by atomic mass is 9.99. The Hall–Kier alpha value is -1.88. The molecule has 1 aliphatic rings. The van der Waals surface area contributed by atoms with E-state index in [-0.39, 0.29) is 12.7 Å². The summed E-state index contributed by atoms with van der Waals surface area (Å²) in [7, 11) is 3.38. The summed E-state index contributed by atoms with van der Waals surface area (Å²) in [6, 6.07) is 6.36. The molecule has 0 fully saturated rings. The van der Waals surface area contributed by atoms with Crippen molar-refractivity contribution < 1.29 is 14.6 Å². The Kier molecular flexibility index (Phi) is 15.0. The highest BCUT2D eigenvalue weighted by Gasteiger charge is 2.15. The summed E-state index contributed by atoms with van der Waals surface area (Å²) in [4.78, 5) is 2.40. The Labute approximate surface area is 172 Å². The maximum Gasteiger partial charge on any atom is 0.119 e. The van der Waals surface area contributed by atoms with E-state index in [1.165, 1.54) is 11.1 Å². The summed E-state index contributed by atoms with van der Waals surface area (Å²) in [5.41, 5.74) is 3.90. The molecular formula is C24H39NO3. The molecule has 28 heavy (non-hydrogen) atoms. The van der Waals surface area contributed by atoms with Crippen LogP contribution in [-0.4, -0.2) is 50.0 Å². The van der Waals surface area contributed by atoms with E-state index in [9.17, 15) is 0 Å². The SMILES string of the molecule is C=CCN1CCc2cc(OC)ccc2C1.CC.COC(C)/C=C\C(C)=C/CO. The molecule has 158 valence electrons. The molecule has 0 spiro atoms. The van der Waals surface area contributed by atoms with Crippen LogP contribution < -0.4 is 4.74 Å². The number of hydrogen-bond donors (Lipinski definition) is 1. The number of nitrogens with zero attached hydrogens (tertiary/aromatic N) is 1. The standard InChI is InChI=1S/C13H17NO.C9H16O2.C2H6/c1-3-7-14-8-6-11-9-13(15-2)5-4-12(11)10-14;1-8(6-7-10)4-5-9(2)11-3;1-2/h3-5,9H,1,6-8,10H2,2H3;4-6,9-10H,7H2,1-3H3;1-2H3/b;5-4-,8-6-;. The van der Waals surface area contributed by atoms with Gasteiger partial charge in [-0.2, -0.15) is 0 Å². The number of hydrogen-bond acceptors (Lipinski definition) is 4. The van der Waals surface area contributed by atoms with Gasteiger partial charge in [-0.05, 0) is 43.5 Å². The predicted octanol–water partition coefficient (Wildman–Crippen LogP) is 4.78. The zero-order valence-electron chi connectivity index (χ0n) is 18.6. The van der Waals surface area contributed by atoms with Crippen LogP contribution in [0.25, 0.3) is 0 Å². The van der Waals surface area contributed by atoms with E-state index in [2.05, 4.69) is 23.6 Å². The van der Waals surface area contributed by atoms with Crippen molar-refractivity contribution >= 4 is 0 Å². The minimum atomic E-state index is 0.0948. The van der Waals surface area contributed by atoms with Crippen molar-refractivity contribution in [1.82, 2.24) is 4.90 Å². The van der Waals surface area contributed by atoms with Crippen molar-refractivity contribution in [3.63, 3.8) is 0 Å². The Bertz CT molecular complexity index is 608. The largest absolute Gasteiger partial charge is 0.497 e. The molecule has 1 heterocycles. The maximum atomic E-state index is 8.52. The second-order valence-corrected chi connectivity index (χ2v) is 6.34. The van der Waals surface area contributed by atoms with Crippen LogP contribution in [0.15, 0.2) is 54.7 Å². The first kappa shape index (κ1) is 26.1. The molecule has 2 rings (SSSR count). The first-order chi connectivity index (χ1) is 13.5. The number of rotatable bonds is 7. The molecule has 0 bridgehead atoms. The van der Waals surface area contributed by atoms with Crippen LogP contribution in [-0.2, 0) is 17.7 Å². The average molecular weight is 390 g/mol. The molecular weight excluding hydrogens is 350 g/mol. The lowest BCUT2D eigenvalue weighted by molar-refractivity contribution is 0.156. The summed E-state index contributed by atoms with van der Waals surface area (Å²) in [5.74, 6) is 0.964. The molecule has 1 aromatic rings. The zero-order chi connectivity index (χ0) is 21.4. The highest BCUT2D eigenvalue weighted by Crippen LogP contribution is 2.23. The number of fused-ring (bicyclic) bond motifs is 1. The summed E-state index contributed by atoms with van der Waals surface area (Å²) in [5, 5.41) is 8.52. The molecule has 1 N–H and O–H groups in total. The van der Waals surface area contributed by atoms with Crippen molar-refractivity contribution in [3.8, 4) is 5.75 Å². The number of ether oxygens (including phenoxy) is 2. The molecule has 0 amide bonds. The van der Waals surface area contributed by atoms with Gasteiger partial charge in [0.25, 0.3) is 0 Å². The fourth-order valence-corrected chi connectivity index (χ4v) is 2.63. The minimum Gasteiger partial charge on any atom is -0.497 e. The molecule has 0 radical (unpaired) electrons. The van der Waals surface area contributed by atoms with Crippen molar-refractivity contribution in [3.05, 3.63) is 65.8 Å². The third-order valence-corrected chi connectivity index (χ3v) is 4.31. The van der Waals surface area contributed by atoms with Gasteiger partial charge in [0.2, 0.25) is 0 Å². The highest BCUT2D eigenvalue weighted by molar-refractivity contribution is 5.37.